The summed E-state index contributed by atoms with van der Waals surface area (Å²) in [4.78, 5) is 17.2. The van der Waals surface area contributed by atoms with Gasteiger partial charge in [0.1, 0.15) is 5.82 Å². The van der Waals surface area contributed by atoms with E-state index in [1.165, 1.54) is 11.1 Å². The van der Waals surface area contributed by atoms with E-state index in [1.807, 2.05) is 42.8 Å². The fourth-order valence-electron chi connectivity index (χ4n) is 3.44. The normalized spacial score (nSPS) is 16.4. The van der Waals surface area contributed by atoms with Gasteiger partial charge in [-0.2, -0.15) is 0 Å². The summed E-state index contributed by atoms with van der Waals surface area (Å²) in [5.74, 6) is 0.902. The lowest BCUT2D eigenvalue weighted by atomic mass is 10.1. The molecule has 0 saturated heterocycles. The number of fused-ring (bicyclic) bond motifs is 2. The number of hydrogen-bond acceptors (Lipinski definition) is 2. The molecule has 1 aromatic heterocycles. The molecule has 1 atom stereocenters. The summed E-state index contributed by atoms with van der Waals surface area (Å²) in [6.45, 7) is 1.97. The van der Waals surface area contributed by atoms with Gasteiger partial charge in [0.25, 0.3) is 5.91 Å². The number of halogens is 1. The molecular formula is C19H18BrN3O. The van der Waals surface area contributed by atoms with Gasteiger partial charge in [0, 0.05) is 17.1 Å². The Labute approximate surface area is 149 Å². The lowest BCUT2D eigenvalue weighted by Crippen LogP contribution is -2.27. The van der Waals surface area contributed by atoms with Crippen LogP contribution in [0.1, 0.15) is 39.8 Å². The molecule has 1 unspecified atom stereocenters. The minimum Gasteiger partial charge on any atom is -0.345 e. The van der Waals surface area contributed by atoms with Gasteiger partial charge in [0.2, 0.25) is 0 Å². The van der Waals surface area contributed by atoms with Crippen LogP contribution >= 0.6 is 15.9 Å². The second-order valence-corrected chi connectivity index (χ2v) is 7.25. The second-order valence-electron chi connectivity index (χ2n) is 6.33. The van der Waals surface area contributed by atoms with E-state index in [0.29, 0.717) is 5.56 Å². The number of aromatic nitrogens is 2. The molecule has 0 saturated carbocycles. The van der Waals surface area contributed by atoms with Crippen molar-refractivity contribution in [2.45, 2.75) is 25.8 Å². The van der Waals surface area contributed by atoms with Crippen molar-refractivity contribution >= 4 is 32.9 Å². The van der Waals surface area contributed by atoms with Crippen LogP contribution in [-0.4, -0.2) is 15.5 Å². The number of nitrogens with zero attached hydrogens (tertiary/aromatic N) is 2. The average Bonchev–Trinajstić information content (AvgIpc) is 3.08. The highest BCUT2D eigenvalue weighted by molar-refractivity contribution is 9.10. The fraction of sp³-hybridized carbons (Fsp3) is 0.263. The third-order valence-corrected chi connectivity index (χ3v) is 5.35. The van der Waals surface area contributed by atoms with Crippen molar-refractivity contribution < 1.29 is 4.79 Å². The van der Waals surface area contributed by atoms with Gasteiger partial charge >= 0.3 is 0 Å². The van der Waals surface area contributed by atoms with Gasteiger partial charge in [-0.15, -0.1) is 0 Å². The Morgan fingerprint density at radius 2 is 2.12 bits per heavy atom. The summed E-state index contributed by atoms with van der Waals surface area (Å²) < 4.78 is 3.12. The first kappa shape index (κ1) is 15.4. The molecule has 0 aliphatic heterocycles. The van der Waals surface area contributed by atoms with Crippen molar-refractivity contribution in [3.8, 4) is 0 Å². The van der Waals surface area contributed by atoms with Gasteiger partial charge in [0.05, 0.1) is 17.1 Å². The van der Waals surface area contributed by atoms with E-state index >= 15 is 0 Å². The predicted molar refractivity (Wildman–Crippen MR) is 98.1 cm³/mol. The molecule has 0 radical (unpaired) electrons. The molecule has 4 nitrogen and oxygen atoms in total. The smallest absolute Gasteiger partial charge is 0.251 e. The minimum atomic E-state index is -0.0408. The molecule has 3 aromatic rings. The Morgan fingerprint density at radius 3 is 2.96 bits per heavy atom. The van der Waals surface area contributed by atoms with E-state index in [4.69, 9.17) is 0 Å². The Kier molecular flexibility index (Phi) is 3.68. The largest absolute Gasteiger partial charge is 0.345 e. The van der Waals surface area contributed by atoms with Crippen molar-refractivity contribution in [1.29, 1.82) is 0 Å². The number of carbonyl (C=O) groups is 1. The van der Waals surface area contributed by atoms with Crippen LogP contribution < -0.4 is 5.32 Å². The van der Waals surface area contributed by atoms with Gasteiger partial charge in [-0.05, 0) is 61.2 Å². The maximum Gasteiger partial charge on any atom is 0.251 e. The Bertz CT molecular complexity index is 961. The Balaban J connectivity index is 1.59. The van der Waals surface area contributed by atoms with E-state index in [-0.39, 0.29) is 11.9 Å². The number of imidazole rings is 1. The van der Waals surface area contributed by atoms with E-state index in [9.17, 15) is 4.79 Å². The standard InChI is InChI=1S/C19H18BrN3O/c1-11-21-17-10-13(4-8-18(17)23(11)2)19(24)22-16-7-3-12-9-14(20)5-6-15(12)16/h4-6,8-10,16H,3,7H2,1-2H3,(H,22,24). The van der Waals surface area contributed by atoms with E-state index in [1.54, 1.807) is 0 Å². The van der Waals surface area contributed by atoms with Crippen LogP contribution in [0.2, 0.25) is 0 Å². The monoisotopic (exact) mass is 383 g/mol. The molecule has 1 aliphatic carbocycles. The first-order valence-electron chi connectivity index (χ1n) is 8.05. The van der Waals surface area contributed by atoms with Gasteiger partial charge in [0.15, 0.2) is 0 Å². The second kappa shape index (κ2) is 5.74. The van der Waals surface area contributed by atoms with Crippen molar-refractivity contribution in [2.75, 3.05) is 0 Å². The van der Waals surface area contributed by atoms with Crippen molar-refractivity contribution in [2.24, 2.45) is 7.05 Å². The summed E-state index contributed by atoms with van der Waals surface area (Å²) in [5.41, 5.74) is 5.09. The quantitative estimate of drug-likeness (QED) is 0.724. The number of nitrogens with one attached hydrogen (secondary N) is 1. The molecule has 1 N–H and O–H groups in total. The molecule has 1 aliphatic rings. The van der Waals surface area contributed by atoms with Gasteiger partial charge < -0.3 is 9.88 Å². The molecule has 5 heteroatoms. The Morgan fingerprint density at radius 1 is 1.29 bits per heavy atom. The van der Waals surface area contributed by atoms with Crippen molar-refractivity contribution in [1.82, 2.24) is 14.9 Å². The average molecular weight is 384 g/mol. The molecule has 4 rings (SSSR count). The molecule has 1 heterocycles. The summed E-state index contributed by atoms with van der Waals surface area (Å²) >= 11 is 3.51. The van der Waals surface area contributed by atoms with Crippen molar-refractivity contribution in [3.63, 3.8) is 0 Å². The lowest BCUT2D eigenvalue weighted by molar-refractivity contribution is 0.0937. The number of aryl methyl sites for hydroxylation is 3. The van der Waals surface area contributed by atoms with Crippen LogP contribution in [0.3, 0.4) is 0 Å². The topological polar surface area (TPSA) is 46.9 Å². The van der Waals surface area contributed by atoms with Crippen LogP contribution in [0.25, 0.3) is 11.0 Å². The molecule has 24 heavy (non-hydrogen) atoms. The van der Waals surface area contributed by atoms with E-state index in [0.717, 1.165) is 34.2 Å². The molecular weight excluding hydrogens is 366 g/mol. The van der Waals surface area contributed by atoms with Gasteiger partial charge in [-0.3, -0.25) is 4.79 Å². The van der Waals surface area contributed by atoms with Crippen LogP contribution in [0, 0.1) is 6.92 Å². The van der Waals surface area contributed by atoms with Gasteiger partial charge in [-0.1, -0.05) is 22.0 Å². The Hall–Kier alpha value is -2.14. The minimum absolute atomic E-state index is 0.0408. The summed E-state index contributed by atoms with van der Waals surface area (Å²) in [7, 11) is 1.98. The van der Waals surface area contributed by atoms with Crippen molar-refractivity contribution in [3.05, 3.63) is 63.4 Å². The molecule has 1 amide bonds. The van der Waals surface area contributed by atoms with E-state index in [2.05, 4.69) is 38.4 Å². The summed E-state index contributed by atoms with van der Waals surface area (Å²) in [6, 6.07) is 12.1. The highest BCUT2D eigenvalue weighted by Gasteiger charge is 2.24. The third-order valence-electron chi connectivity index (χ3n) is 4.85. The zero-order valence-corrected chi connectivity index (χ0v) is 15.2. The number of benzene rings is 2. The lowest BCUT2D eigenvalue weighted by Gasteiger charge is -2.14. The molecule has 0 bridgehead atoms. The SMILES string of the molecule is Cc1nc2cc(C(=O)NC3CCc4cc(Br)ccc43)ccc2n1C. The third kappa shape index (κ3) is 2.53. The van der Waals surface area contributed by atoms with Gasteiger partial charge in [-0.25, -0.2) is 4.98 Å². The molecule has 0 fully saturated rings. The number of carbonyl (C=O) groups excluding carboxylic acids is 1. The molecule has 2 aromatic carbocycles. The maximum absolute atomic E-state index is 12.7. The highest BCUT2D eigenvalue weighted by Crippen LogP contribution is 2.33. The zero-order valence-electron chi connectivity index (χ0n) is 13.6. The predicted octanol–water partition coefficient (Wildman–Crippen LogP) is 4.06. The number of hydrogen-bond donors (Lipinski definition) is 1. The summed E-state index contributed by atoms with van der Waals surface area (Å²) in [5, 5.41) is 3.17. The highest BCUT2D eigenvalue weighted by atomic mass is 79.9. The van der Waals surface area contributed by atoms with E-state index < -0.39 is 0 Å². The van der Waals surface area contributed by atoms with Crippen LogP contribution in [0.5, 0.6) is 0 Å². The summed E-state index contributed by atoms with van der Waals surface area (Å²) in [6.07, 6.45) is 1.95. The number of amides is 1. The zero-order chi connectivity index (χ0) is 16.8. The van der Waals surface area contributed by atoms with Crippen LogP contribution in [0.15, 0.2) is 40.9 Å². The fourth-order valence-corrected chi connectivity index (χ4v) is 3.85. The van der Waals surface area contributed by atoms with Crippen LogP contribution in [-0.2, 0) is 13.5 Å². The number of rotatable bonds is 2. The molecule has 0 spiro atoms. The maximum atomic E-state index is 12.7. The first-order valence-corrected chi connectivity index (χ1v) is 8.84. The van der Waals surface area contributed by atoms with Crippen LogP contribution in [0.4, 0.5) is 0 Å². The molecule has 122 valence electrons. The first-order chi connectivity index (χ1) is 11.5.